The van der Waals surface area contributed by atoms with Gasteiger partial charge in [-0.05, 0) is 0 Å². The summed E-state index contributed by atoms with van der Waals surface area (Å²) < 4.78 is 0. The Morgan fingerprint density at radius 3 is 3.00 bits per heavy atom. The van der Waals surface area contributed by atoms with E-state index in [2.05, 4.69) is 26.2 Å². The zero-order valence-electron chi connectivity index (χ0n) is 3.95. The van der Waals surface area contributed by atoms with Gasteiger partial charge in [0.05, 0.1) is 11.9 Å². The highest BCUT2D eigenvalue weighted by Gasteiger charge is 1.99. The SMILES string of the molecule is BrCC1=NCCN1. The minimum atomic E-state index is 0.868. The predicted octanol–water partition coefficient (Wildman–Crippen LogP) is 0.383. The van der Waals surface area contributed by atoms with Crippen molar-refractivity contribution in [2.75, 3.05) is 18.4 Å². The predicted molar refractivity (Wildman–Crippen MR) is 34.1 cm³/mol. The normalized spacial score (nSPS) is 18.7. The maximum absolute atomic E-state index is 4.11. The van der Waals surface area contributed by atoms with E-state index in [1.807, 2.05) is 0 Å². The number of alkyl halides is 1. The second kappa shape index (κ2) is 2.31. The van der Waals surface area contributed by atoms with Gasteiger partial charge in [0.2, 0.25) is 0 Å². The van der Waals surface area contributed by atoms with Crippen molar-refractivity contribution in [3.63, 3.8) is 0 Å². The van der Waals surface area contributed by atoms with Crippen LogP contribution in [0.5, 0.6) is 0 Å². The number of aliphatic imine (C=N–C) groups is 1. The van der Waals surface area contributed by atoms with Gasteiger partial charge in [-0.1, -0.05) is 15.9 Å². The fraction of sp³-hybridized carbons (Fsp3) is 0.750. The van der Waals surface area contributed by atoms with Gasteiger partial charge in [-0.3, -0.25) is 4.99 Å². The van der Waals surface area contributed by atoms with Crippen LogP contribution < -0.4 is 5.32 Å². The highest BCUT2D eigenvalue weighted by molar-refractivity contribution is 9.09. The Hall–Kier alpha value is -0.0500. The van der Waals surface area contributed by atoms with E-state index in [1.165, 1.54) is 0 Å². The van der Waals surface area contributed by atoms with E-state index in [9.17, 15) is 0 Å². The highest BCUT2D eigenvalue weighted by Crippen LogP contribution is 1.88. The summed E-state index contributed by atoms with van der Waals surface area (Å²) in [6.45, 7) is 1.96. The highest BCUT2D eigenvalue weighted by atomic mass is 79.9. The number of rotatable bonds is 1. The lowest BCUT2D eigenvalue weighted by Crippen LogP contribution is -2.18. The summed E-state index contributed by atoms with van der Waals surface area (Å²) >= 11 is 3.28. The molecule has 0 bridgehead atoms. The lowest BCUT2D eigenvalue weighted by molar-refractivity contribution is 0.959. The van der Waals surface area contributed by atoms with Gasteiger partial charge in [-0.2, -0.15) is 0 Å². The van der Waals surface area contributed by atoms with Gasteiger partial charge in [0.25, 0.3) is 0 Å². The van der Waals surface area contributed by atoms with E-state index >= 15 is 0 Å². The van der Waals surface area contributed by atoms with Gasteiger partial charge in [-0.15, -0.1) is 0 Å². The van der Waals surface area contributed by atoms with Crippen LogP contribution in [0, 0.1) is 0 Å². The first-order chi connectivity index (χ1) is 3.43. The van der Waals surface area contributed by atoms with Gasteiger partial charge < -0.3 is 5.32 Å². The molecule has 0 aromatic carbocycles. The summed E-state index contributed by atoms with van der Waals surface area (Å²) in [6, 6.07) is 0. The van der Waals surface area contributed by atoms with Gasteiger partial charge >= 0.3 is 0 Å². The molecule has 2 nitrogen and oxygen atoms in total. The van der Waals surface area contributed by atoms with Gasteiger partial charge in [-0.25, -0.2) is 0 Å². The Balaban J connectivity index is 2.36. The van der Waals surface area contributed by atoms with Crippen LogP contribution in [0.3, 0.4) is 0 Å². The van der Waals surface area contributed by atoms with E-state index in [1.54, 1.807) is 0 Å². The monoisotopic (exact) mass is 162 g/mol. The average molecular weight is 163 g/mol. The Morgan fingerprint density at radius 2 is 2.71 bits per heavy atom. The van der Waals surface area contributed by atoms with Crippen LogP contribution in [0.1, 0.15) is 0 Å². The van der Waals surface area contributed by atoms with Crippen molar-refractivity contribution in [1.29, 1.82) is 0 Å². The Bertz CT molecular complexity index is 89.7. The summed E-state index contributed by atoms with van der Waals surface area (Å²) in [5, 5.41) is 3.98. The molecule has 0 fully saturated rings. The molecule has 3 heteroatoms. The van der Waals surface area contributed by atoms with Crippen LogP contribution in [0.25, 0.3) is 0 Å². The van der Waals surface area contributed by atoms with Crippen molar-refractivity contribution < 1.29 is 0 Å². The molecular formula is C4H7BrN2. The molecule has 1 heterocycles. The second-order valence-corrected chi connectivity index (χ2v) is 1.95. The van der Waals surface area contributed by atoms with E-state index in [0.29, 0.717) is 0 Å². The van der Waals surface area contributed by atoms with Crippen molar-refractivity contribution in [3.05, 3.63) is 0 Å². The largest absolute Gasteiger partial charge is 0.371 e. The Morgan fingerprint density at radius 1 is 1.86 bits per heavy atom. The molecule has 0 atom stereocenters. The van der Waals surface area contributed by atoms with Crippen LogP contribution in [0.2, 0.25) is 0 Å². The molecule has 0 unspecified atom stereocenters. The number of hydrogen-bond acceptors (Lipinski definition) is 2. The molecule has 0 aliphatic carbocycles. The molecule has 40 valence electrons. The fourth-order valence-electron chi connectivity index (χ4n) is 0.536. The first-order valence-electron chi connectivity index (χ1n) is 2.26. The zero-order valence-corrected chi connectivity index (χ0v) is 5.53. The molecule has 0 aromatic heterocycles. The van der Waals surface area contributed by atoms with Crippen molar-refractivity contribution in [2.24, 2.45) is 4.99 Å². The number of halogens is 1. The van der Waals surface area contributed by atoms with E-state index in [-0.39, 0.29) is 0 Å². The van der Waals surface area contributed by atoms with Crippen LogP contribution in [0.15, 0.2) is 4.99 Å². The molecule has 0 aromatic rings. The molecule has 0 radical (unpaired) electrons. The third-order valence-corrected chi connectivity index (χ3v) is 1.40. The van der Waals surface area contributed by atoms with Crippen LogP contribution in [-0.2, 0) is 0 Å². The van der Waals surface area contributed by atoms with Crippen LogP contribution in [-0.4, -0.2) is 24.3 Å². The summed E-state index contributed by atoms with van der Waals surface area (Å²) in [5.74, 6) is 1.08. The third kappa shape index (κ3) is 1.16. The van der Waals surface area contributed by atoms with Gasteiger partial charge in [0.1, 0.15) is 5.84 Å². The van der Waals surface area contributed by atoms with Crippen molar-refractivity contribution in [2.45, 2.75) is 0 Å². The minimum Gasteiger partial charge on any atom is -0.371 e. The Labute approximate surface area is 51.1 Å². The van der Waals surface area contributed by atoms with Crippen LogP contribution >= 0.6 is 15.9 Å². The standard InChI is InChI=1S/C4H7BrN2/c5-3-4-6-1-2-7-4/h1-3H2,(H,6,7). The molecule has 1 aliphatic heterocycles. The lowest BCUT2D eigenvalue weighted by atomic mass is 10.7. The smallest absolute Gasteiger partial charge is 0.107 e. The van der Waals surface area contributed by atoms with Gasteiger partial charge in [0.15, 0.2) is 0 Å². The number of nitrogens with zero attached hydrogens (tertiary/aromatic N) is 1. The van der Waals surface area contributed by atoms with Crippen molar-refractivity contribution in [1.82, 2.24) is 5.32 Å². The number of hydrogen-bond donors (Lipinski definition) is 1. The van der Waals surface area contributed by atoms with Crippen LogP contribution in [0.4, 0.5) is 0 Å². The maximum Gasteiger partial charge on any atom is 0.107 e. The lowest BCUT2D eigenvalue weighted by Gasteiger charge is -1.90. The quantitative estimate of drug-likeness (QED) is 0.555. The maximum atomic E-state index is 4.11. The molecular weight excluding hydrogens is 156 g/mol. The molecule has 7 heavy (non-hydrogen) atoms. The fourth-order valence-corrected chi connectivity index (χ4v) is 0.912. The third-order valence-electron chi connectivity index (χ3n) is 0.870. The van der Waals surface area contributed by atoms with Gasteiger partial charge in [0, 0.05) is 6.54 Å². The Kier molecular flexibility index (Phi) is 1.68. The topological polar surface area (TPSA) is 24.4 Å². The molecule has 1 rings (SSSR count). The summed E-state index contributed by atoms with van der Waals surface area (Å²) in [6.07, 6.45) is 0. The van der Waals surface area contributed by atoms with E-state index in [4.69, 9.17) is 0 Å². The van der Waals surface area contributed by atoms with Crippen molar-refractivity contribution >= 4 is 21.8 Å². The van der Waals surface area contributed by atoms with E-state index in [0.717, 1.165) is 24.3 Å². The first-order valence-corrected chi connectivity index (χ1v) is 3.39. The molecule has 0 saturated carbocycles. The molecule has 1 aliphatic rings. The van der Waals surface area contributed by atoms with E-state index < -0.39 is 0 Å². The molecule has 0 amide bonds. The van der Waals surface area contributed by atoms with Crippen molar-refractivity contribution in [3.8, 4) is 0 Å². The first kappa shape index (κ1) is 5.09. The number of nitrogens with one attached hydrogen (secondary N) is 1. The second-order valence-electron chi connectivity index (χ2n) is 1.39. The number of amidine groups is 1. The minimum absolute atomic E-state index is 0.868. The summed E-state index contributed by atoms with van der Waals surface area (Å²) in [5.41, 5.74) is 0. The zero-order chi connectivity index (χ0) is 5.11. The molecule has 1 N–H and O–H groups in total. The summed E-state index contributed by atoms with van der Waals surface area (Å²) in [4.78, 5) is 4.11. The molecule has 0 saturated heterocycles. The molecule has 0 spiro atoms. The summed E-state index contributed by atoms with van der Waals surface area (Å²) in [7, 11) is 0. The average Bonchev–Trinajstić information content (AvgIpc) is 2.14.